The molecule has 0 radical (unpaired) electrons. The van der Waals surface area contributed by atoms with Crippen molar-refractivity contribution >= 4 is 43.6 Å². The first-order valence-corrected chi connectivity index (χ1v) is 14.6. The second kappa shape index (κ2) is 9.71. The first-order valence-electron chi connectivity index (χ1n) is 14.6. The van der Waals surface area contributed by atoms with Gasteiger partial charge in [0.25, 0.3) is 0 Å². The maximum atomic E-state index is 5.14. The van der Waals surface area contributed by atoms with Crippen molar-refractivity contribution in [1.29, 1.82) is 0 Å². The molecule has 0 fully saturated rings. The standard InChI is InChI=1S/C38H24N6/c1-3-13-25(14-4-1)36-40-37(31-19-11-12-24-39-31)42-38(41-36)44-33-21-10-8-18-28(33)30-23-22-29-27-17-7-9-20-32(27)43(34(29)35(30)44)26-15-5-2-6-16-26/h1-24H. The van der Waals surface area contributed by atoms with Crippen molar-refractivity contribution in [2.24, 2.45) is 0 Å². The van der Waals surface area contributed by atoms with E-state index < -0.39 is 0 Å². The van der Waals surface area contributed by atoms with Crippen LogP contribution in [0.4, 0.5) is 0 Å². The lowest BCUT2D eigenvalue weighted by Crippen LogP contribution is -2.07. The van der Waals surface area contributed by atoms with E-state index in [1.165, 1.54) is 10.8 Å². The van der Waals surface area contributed by atoms with Crippen LogP contribution in [0.5, 0.6) is 0 Å². The number of hydrogen-bond donors (Lipinski definition) is 0. The molecule has 0 saturated carbocycles. The monoisotopic (exact) mass is 564 g/mol. The van der Waals surface area contributed by atoms with Crippen molar-refractivity contribution in [2.75, 3.05) is 0 Å². The summed E-state index contributed by atoms with van der Waals surface area (Å²) in [6.07, 6.45) is 1.77. The first kappa shape index (κ1) is 24.5. The summed E-state index contributed by atoms with van der Waals surface area (Å²) in [4.78, 5) is 19.7. The number of pyridine rings is 1. The molecule has 0 spiro atoms. The number of para-hydroxylation sites is 3. The molecule has 0 aliphatic rings. The average Bonchev–Trinajstić information content (AvgIpc) is 3.62. The van der Waals surface area contributed by atoms with Crippen molar-refractivity contribution in [3.05, 3.63) is 146 Å². The van der Waals surface area contributed by atoms with Gasteiger partial charge in [0.2, 0.25) is 5.95 Å². The van der Waals surface area contributed by atoms with E-state index in [0.717, 1.165) is 44.1 Å². The molecular formula is C38H24N6. The second-order valence-electron chi connectivity index (χ2n) is 10.8. The predicted molar refractivity (Wildman–Crippen MR) is 177 cm³/mol. The Kier molecular flexibility index (Phi) is 5.40. The van der Waals surface area contributed by atoms with Crippen LogP contribution in [-0.2, 0) is 0 Å². The molecule has 4 aromatic heterocycles. The summed E-state index contributed by atoms with van der Waals surface area (Å²) in [6, 6.07) is 47.9. The Morgan fingerprint density at radius 3 is 1.66 bits per heavy atom. The van der Waals surface area contributed by atoms with Gasteiger partial charge in [-0.25, -0.2) is 4.98 Å². The maximum Gasteiger partial charge on any atom is 0.238 e. The van der Waals surface area contributed by atoms with Crippen LogP contribution in [0.1, 0.15) is 0 Å². The summed E-state index contributed by atoms with van der Waals surface area (Å²) >= 11 is 0. The predicted octanol–water partition coefficient (Wildman–Crippen LogP) is 8.79. The lowest BCUT2D eigenvalue weighted by molar-refractivity contribution is 0.948. The van der Waals surface area contributed by atoms with Gasteiger partial charge in [0.1, 0.15) is 5.69 Å². The molecule has 4 heterocycles. The topological polar surface area (TPSA) is 61.4 Å². The zero-order chi connectivity index (χ0) is 29.0. The van der Waals surface area contributed by atoms with Gasteiger partial charge in [0.15, 0.2) is 11.6 Å². The van der Waals surface area contributed by atoms with Gasteiger partial charge in [0, 0.05) is 39.0 Å². The lowest BCUT2D eigenvalue weighted by atomic mass is 10.1. The number of hydrogen-bond acceptors (Lipinski definition) is 4. The van der Waals surface area contributed by atoms with Gasteiger partial charge in [-0.2, -0.15) is 9.97 Å². The van der Waals surface area contributed by atoms with Crippen LogP contribution >= 0.6 is 0 Å². The number of aromatic nitrogens is 6. The third-order valence-corrected chi connectivity index (χ3v) is 8.23. The average molecular weight is 565 g/mol. The van der Waals surface area contributed by atoms with Crippen molar-refractivity contribution in [2.45, 2.75) is 0 Å². The molecule has 0 bridgehead atoms. The van der Waals surface area contributed by atoms with E-state index in [0.29, 0.717) is 23.3 Å². The smallest absolute Gasteiger partial charge is 0.238 e. The summed E-state index contributed by atoms with van der Waals surface area (Å²) in [5.41, 5.74) is 7.02. The molecule has 44 heavy (non-hydrogen) atoms. The highest BCUT2D eigenvalue weighted by Crippen LogP contribution is 2.41. The third-order valence-electron chi connectivity index (χ3n) is 8.23. The van der Waals surface area contributed by atoms with E-state index >= 15 is 0 Å². The second-order valence-corrected chi connectivity index (χ2v) is 10.8. The summed E-state index contributed by atoms with van der Waals surface area (Å²) in [5, 5.41) is 4.63. The molecule has 0 atom stereocenters. The molecule has 0 N–H and O–H groups in total. The zero-order valence-corrected chi connectivity index (χ0v) is 23.5. The van der Waals surface area contributed by atoms with Crippen LogP contribution in [0.25, 0.3) is 78.2 Å². The highest BCUT2D eigenvalue weighted by atomic mass is 15.2. The molecule has 0 saturated heterocycles. The van der Waals surface area contributed by atoms with Gasteiger partial charge in [0.05, 0.1) is 22.1 Å². The fourth-order valence-electron chi connectivity index (χ4n) is 6.34. The first-order chi connectivity index (χ1) is 21.8. The van der Waals surface area contributed by atoms with Crippen molar-refractivity contribution in [3.63, 3.8) is 0 Å². The van der Waals surface area contributed by atoms with E-state index in [9.17, 15) is 0 Å². The number of fused-ring (bicyclic) bond motifs is 7. The van der Waals surface area contributed by atoms with Crippen LogP contribution in [-0.4, -0.2) is 29.1 Å². The normalized spacial score (nSPS) is 11.6. The minimum atomic E-state index is 0.524. The number of rotatable bonds is 4. The Balaban J connectivity index is 1.48. The highest BCUT2D eigenvalue weighted by Gasteiger charge is 2.23. The largest absolute Gasteiger partial charge is 0.307 e. The molecular weight excluding hydrogens is 540 g/mol. The SMILES string of the molecule is c1ccc(-c2nc(-c3ccccn3)nc(-n3c4ccccc4c4ccc5c6ccccc6n(-c6ccccc6)c5c43)n2)cc1. The van der Waals surface area contributed by atoms with E-state index in [2.05, 4.69) is 105 Å². The summed E-state index contributed by atoms with van der Waals surface area (Å²) in [7, 11) is 0. The van der Waals surface area contributed by atoms with Gasteiger partial charge in [-0.05, 0) is 36.4 Å². The van der Waals surface area contributed by atoms with Crippen molar-refractivity contribution in [1.82, 2.24) is 29.1 Å². The number of nitrogens with zero attached hydrogens (tertiary/aromatic N) is 6. The fraction of sp³-hybridized carbons (Fsp3) is 0. The highest BCUT2D eigenvalue weighted by molar-refractivity contribution is 6.23. The van der Waals surface area contributed by atoms with Crippen LogP contribution in [0.2, 0.25) is 0 Å². The Bertz CT molecular complexity index is 2420. The minimum absolute atomic E-state index is 0.524. The zero-order valence-electron chi connectivity index (χ0n) is 23.5. The summed E-state index contributed by atoms with van der Waals surface area (Å²) in [5.74, 6) is 1.66. The van der Waals surface area contributed by atoms with Crippen molar-refractivity contribution < 1.29 is 0 Å². The molecule has 6 nitrogen and oxygen atoms in total. The van der Waals surface area contributed by atoms with Crippen molar-refractivity contribution in [3.8, 4) is 34.5 Å². The molecule has 206 valence electrons. The molecule has 9 aromatic rings. The maximum absolute atomic E-state index is 5.14. The van der Waals surface area contributed by atoms with E-state index in [1.807, 2.05) is 48.5 Å². The number of benzene rings is 5. The van der Waals surface area contributed by atoms with Gasteiger partial charge in [-0.3, -0.25) is 9.55 Å². The van der Waals surface area contributed by atoms with Crippen LogP contribution in [0, 0.1) is 0 Å². The van der Waals surface area contributed by atoms with Gasteiger partial charge in [-0.1, -0.05) is 103 Å². The van der Waals surface area contributed by atoms with Crippen LogP contribution in [0.15, 0.2) is 146 Å². The van der Waals surface area contributed by atoms with Crippen LogP contribution < -0.4 is 0 Å². The van der Waals surface area contributed by atoms with E-state index in [-0.39, 0.29) is 0 Å². The Labute approximate surface area is 252 Å². The molecule has 0 aliphatic carbocycles. The molecule has 9 rings (SSSR count). The summed E-state index contributed by atoms with van der Waals surface area (Å²) in [6.45, 7) is 0. The van der Waals surface area contributed by atoms with E-state index in [1.54, 1.807) is 6.20 Å². The molecule has 6 heteroatoms. The molecule has 0 unspecified atom stereocenters. The molecule has 0 amide bonds. The van der Waals surface area contributed by atoms with Gasteiger partial charge >= 0.3 is 0 Å². The Hall–Kier alpha value is -6.14. The Morgan fingerprint density at radius 2 is 0.977 bits per heavy atom. The van der Waals surface area contributed by atoms with E-state index in [4.69, 9.17) is 15.0 Å². The molecule has 0 aliphatic heterocycles. The third kappa shape index (κ3) is 3.68. The van der Waals surface area contributed by atoms with Crippen LogP contribution in [0.3, 0.4) is 0 Å². The summed E-state index contributed by atoms with van der Waals surface area (Å²) < 4.78 is 4.56. The quantitative estimate of drug-likeness (QED) is 0.214. The lowest BCUT2D eigenvalue weighted by Gasteiger charge is -2.13. The Morgan fingerprint density at radius 1 is 0.409 bits per heavy atom. The van der Waals surface area contributed by atoms with Gasteiger partial charge in [-0.15, -0.1) is 0 Å². The minimum Gasteiger partial charge on any atom is -0.307 e. The molecule has 5 aromatic carbocycles. The fourth-order valence-corrected chi connectivity index (χ4v) is 6.34. The van der Waals surface area contributed by atoms with Gasteiger partial charge < -0.3 is 4.57 Å².